The predicted molar refractivity (Wildman–Crippen MR) is 64.1 cm³/mol. The Morgan fingerprint density at radius 3 is 2.94 bits per heavy atom. The number of anilines is 1. The molecule has 1 saturated heterocycles. The van der Waals surface area contributed by atoms with Gasteiger partial charge in [-0.25, -0.2) is 14.8 Å². The summed E-state index contributed by atoms with van der Waals surface area (Å²) in [6.07, 6.45) is 2.63. The van der Waals surface area contributed by atoms with Gasteiger partial charge < -0.3 is 10.0 Å². The molecule has 1 N–H and O–H groups in total. The molecular weight excluding hydrogens is 218 g/mol. The third kappa shape index (κ3) is 2.54. The van der Waals surface area contributed by atoms with E-state index in [1.165, 1.54) is 12.3 Å². The van der Waals surface area contributed by atoms with Crippen LogP contribution in [-0.4, -0.2) is 34.1 Å². The molecule has 5 heteroatoms. The molecule has 1 fully saturated rings. The molecule has 0 aliphatic carbocycles. The smallest absolute Gasteiger partial charge is 0.354 e. The van der Waals surface area contributed by atoms with Crippen LogP contribution >= 0.6 is 0 Å². The van der Waals surface area contributed by atoms with E-state index in [-0.39, 0.29) is 5.69 Å². The number of aromatic nitrogens is 2. The number of hydrogen-bond acceptors (Lipinski definition) is 4. The van der Waals surface area contributed by atoms with Crippen LogP contribution in [0.25, 0.3) is 0 Å². The summed E-state index contributed by atoms with van der Waals surface area (Å²) in [5, 5.41) is 8.88. The fourth-order valence-electron chi connectivity index (χ4n) is 2.13. The van der Waals surface area contributed by atoms with Gasteiger partial charge in [-0.2, -0.15) is 0 Å². The van der Waals surface area contributed by atoms with E-state index in [1.54, 1.807) is 0 Å². The van der Waals surface area contributed by atoms with Gasteiger partial charge in [0.25, 0.3) is 0 Å². The van der Waals surface area contributed by atoms with E-state index in [1.807, 2.05) is 0 Å². The number of carboxylic acids is 1. The van der Waals surface area contributed by atoms with E-state index in [0.29, 0.717) is 17.8 Å². The van der Waals surface area contributed by atoms with E-state index in [2.05, 4.69) is 28.7 Å². The first-order valence-electron chi connectivity index (χ1n) is 5.89. The highest BCUT2D eigenvalue weighted by Gasteiger charge is 2.26. The molecule has 1 atom stereocenters. The zero-order valence-electron chi connectivity index (χ0n) is 10.1. The molecule has 1 unspecified atom stereocenters. The first kappa shape index (κ1) is 11.8. The van der Waals surface area contributed by atoms with Gasteiger partial charge in [-0.05, 0) is 24.3 Å². The van der Waals surface area contributed by atoms with Crippen LogP contribution in [-0.2, 0) is 0 Å². The first-order valence-corrected chi connectivity index (χ1v) is 5.89. The maximum Gasteiger partial charge on any atom is 0.354 e. The van der Waals surface area contributed by atoms with E-state index in [0.717, 1.165) is 19.5 Å². The van der Waals surface area contributed by atoms with Crippen LogP contribution < -0.4 is 4.90 Å². The lowest BCUT2D eigenvalue weighted by Gasteiger charge is -2.17. The molecular formula is C12H17N3O2. The van der Waals surface area contributed by atoms with Gasteiger partial charge in [-0.3, -0.25) is 0 Å². The summed E-state index contributed by atoms with van der Waals surface area (Å²) < 4.78 is 0. The lowest BCUT2D eigenvalue weighted by Crippen LogP contribution is -2.24. The molecule has 0 aromatic carbocycles. The quantitative estimate of drug-likeness (QED) is 0.863. The van der Waals surface area contributed by atoms with Crippen molar-refractivity contribution in [2.75, 3.05) is 18.0 Å². The maximum atomic E-state index is 10.8. The van der Waals surface area contributed by atoms with Crippen molar-refractivity contribution in [2.24, 2.45) is 11.8 Å². The summed E-state index contributed by atoms with van der Waals surface area (Å²) in [7, 11) is 0. The zero-order valence-corrected chi connectivity index (χ0v) is 10.1. The molecule has 0 saturated carbocycles. The maximum absolute atomic E-state index is 10.8. The third-order valence-corrected chi connectivity index (χ3v) is 3.31. The lowest BCUT2D eigenvalue weighted by molar-refractivity contribution is 0.0690. The number of aromatic carboxylic acids is 1. The molecule has 0 spiro atoms. The summed E-state index contributed by atoms with van der Waals surface area (Å²) in [6, 6.07) is 1.42. The van der Waals surface area contributed by atoms with Gasteiger partial charge in [0.1, 0.15) is 0 Å². The Kier molecular flexibility index (Phi) is 3.26. The fourth-order valence-corrected chi connectivity index (χ4v) is 2.13. The standard InChI is InChI=1S/C12H17N3O2/c1-8(2)9-4-6-15(7-9)12-13-5-3-10(14-12)11(16)17/h3,5,8-9H,4,6-7H2,1-2H3,(H,16,17). The normalized spacial score (nSPS) is 19.9. The second kappa shape index (κ2) is 4.69. The van der Waals surface area contributed by atoms with Gasteiger partial charge in [0.15, 0.2) is 5.69 Å². The van der Waals surface area contributed by atoms with Gasteiger partial charge in [0.2, 0.25) is 5.95 Å². The fraction of sp³-hybridized carbons (Fsp3) is 0.583. The molecule has 1 aliphatic heterocycles. The Balaban J connectivity index is 2.13. The van der Waals surface area contributed by atoms with Gasteiger partial charge in [-0.1, -0.05) is 13.8 Å². The second-order valence-corrected chi connectivity index (χ2v) is 4.79. The highest BCUT2D eigenvalue weighted by molar-refractivity contribution is 5.85. The topological polar surface area (TPSA) is 66.3 Å². The average molecular weight is 235 g/mol. The van der Waals surface area contributed by atoms with Crippen LogP contribution in [0, 0.1) is 11.8 Å². The molecule has 0 radical (unpaired) electrons. The molecule has 0 bridgehead atoms. The van der Waals surface area contributed by atoms with Crippen LogP contribution in [0.5, 0.6) is 0 Å². The van der Waals surface area contributed by atoms with Gasteiger partial charge in [0.05, 0.1) is 0 Å². The molecule has 2 rings (SSSR count). The molecule has 1 aromatic rings. The molecule has 92 valence electrons. The summed E-state index contributed by atoms with van der Waals surface area (Å²) in [5.41, 5.74) is 0.0583. The van der Waals surface area contributed by atoms with Crippen LogP contribution in [0.2, 0.25) is 0 Å². The Labute approximate surface area is 100 Å². The van der Waals surface area contributed by atoms with Crippen LogP contribution in [0.15, 0.2) is 12.3 Å². The number of carbonyl (C=O) groups is 1. The number of carboxylic acid groups (broad SMARTS) is 1. The van der Waals surface area contributed by atoms with Crippen molar-refractivity contribution >= 4 is 11.9 Å². The highest BCUT2D eigenvalue weighted by atomic mass is 16.4. The van der Waals surface area contributed by atoms with Crippen molar-refractivity contribution in [3.05, 3.63) is 18.0 Å². The minimum atomic E-state index is -1.01. The van der Waals surface area contributed by atoms with Crippen molar-refractivity contribution in [3.63, 3.8) is 0 Å². The molecule has 17 heavy (non-hydrogen) atoms. The van der Waals surface area contributed by atoms with Gasteiger partial charge >= 0.3 is 5.97 Å². The van der Waals surface area contributed by atoms with E-state index in [4.69, 9.17) is 5.11 Å². The van der Waals surface area contributed by atoms with Gasteiger partial charge in [0, 0.05) is 19.3 Å². The summed E-state index contributed by atoms with van der Waals surface area (Å²) in [6.45, 7) is 6.25. The Bertz CT molecular complexity index is 420. The van der Waals surface area contributed by atoms with Crippen LogP contribution in [0.3, 0.4) is 0 Å². The Morgan fingerprint density at radius 2 is 2.35 bits per heavy atom. The largest absolute Gasteiger partial charge is 0.477 e. The van der Waals surface area contributed by atoms with E-state index < -0.39 is 5.97 Å². The Hall–Kier alpha value is -1.65. The van der Waals surface area contributed by atoms with Crippen LogP contribution in [0.4, 0.5) is 5.95 Å². The zero-order chi connectivity index (χ0) is 12.4. The SMILES string of the molecule is CC(C)C1CCN(c2nccc(C(=O)O)n2)C1. The van der Waals surface area contributed by atoms with Crippen molar-refractivity contribution in [2.45, 2.75) is 20.3 Å². The first-order chi connectivity index (χ1) is 8.08. The second-order valence-electron chi connectivity index (χ2n) is 4.79. The molecule has 1 aromatic heterocycles. The van der Waals surface area contributed by atoms with Crippen molar-refractivity contribution in [1.82, 2.24) is 9.97 Å². The number of rotatable bonds is 3. The minimum Gasteiger partial charge on any atom is -0.477 e. The summed E-state index contributed by atoms with van der Waals surface area (Å²) >= 11 is 0. The van der Waals surface area contributed by atoms with E-state index >= 15 is 0 Å². The monoisotopic (exact) mass is 235 g/mol. The van der Waals surface area contributed by atoms with Crippen molar-refractivity contribution in [3.8, 4) is 0 Å². The number of hydrogen-bond donors (Lipinski definition) is 1. The van der Waals surface area contributed by atoms with Crippen LogP contribution in [0.1, 0.15) is 30.8 Å². The molecule has 0 amide bonds. The lowest BCUT2D eigenvalue weighted by atomic mass is 9.95. The molecule has 5 nitrogen and oxygen atoms in total. The molecule has 2 heterocycles. The van der Waals surface area contributed by atoms with Gasteiger partial charge in [-0.15, -0.1) is 0 Å². The predicted octanol–water partition coefficient (Wildman–Crippen LogP) is 1.66. The Morgan fingerprint density at radius 1 is 1.59 bits per heavy atom. The third-order valence-electron chi connectivity index (χ3n) is 3.31. The minimum absolute atomic E-state index is 0.0583. The summed E-state index contributed by atoms with van der Waals surface area (Å²) in [5.74, 6) is 0.816. The molecule has 1 aliphatic rings. The van der Waals surface area contributed by atoms with Crippen molar-refractivity contribution in [1.29, 1.82) is 0 Å². The van der Waals surface area contributed by atoms with E-state index in [9.17, 15) is 4.79 Å². The van der Waals surface area contributed by atoms with Crippen molar-refractivity contribution < 1.29 is 9.90 Å². The summed E-state index contributed by atoms with van der Waals surface area (Å²) in [4.78, 5) is 21.1. The highest BCUT2D eigenvalue weighted by Crippen LogP contribution is 2.26. The number of nitrogens with zero attached hydrogens (tertiary/aromatic N) is 3. The average Bonchev–Trinajstić information content (AvgIpc) is 2.78.